The number of nitrogens with one attached hydrogen (secondary N) is 1. The maximum absolute atomic E-state index is 6.45. The average molecular weight is 287 g/mol. The maximum Gasteiger partial charge on any atom is 0.150 e. The molecule has 1 fully saturated rings. The molecule has 0 amide bonds. The van der Waals surface area contributed by atoms with Crippen molar-refractivity contribution in [3.8, 4) is 11.3 Å². The molecule has 0 aromatic carbocycles. The summed E-state index contributed by atoms with van der Waals surface area (Å²) in [5.41, 5.74) is 3.93. The molecule has 2 aromatic heterocycles. The average Bonchev–Trinajstić information content (AvgIpc) is 2.82. The van der Waals surface area contributed by atoms with Gasteiger partial charge in [0.2, 0.25) is 0 Å². The molecule has 0 spiro atoms. The van der Waals surface area contributed by atoms with Gasteiger partial charge >= 0.3 is 0 Å². The van der Waals surface area contributed by atoms with Crippen LogP contribution in [0, 0.1) is 6.92 Å². The van der Waals surface area contributed by atoms with E-state index >= 15 is 0 Å². The van der Waals surface area contributed by atoms with Crippen LogP contribution in [0.3, 0.4) is 0 Å². The Morgan fingerprint density at radius 2 is 2.30 bits per heavy atom. The first-order valence-corrected chi connectivity index (χ1v) is 7.23. The third-order valence-corrected chi connectivity index (χ3v) is 4.28. The van der Waals surface area contributed by atoms with Crippen LogP contribution >= 0.6 is 11.6 Å². The third kappa shape index (κ3) is 1.83. The van der Waals surface area contributed by atoms with Gasteiger partial charge in [-0.25, -0.2) is 4.98 Å². The van der Waals surface area contributed by atoms with E-state index < -0.39 is 0 Å². The van der Waals surface area contributed by atoms with E-state index in [1.54, 1.807) is 6.20 Å². The highest BCUT2D eigenvalue weighted by molar-refractivity contribution is 6.33. The van der Waals surface area contributed by atoms with Crippen LogP contribution < -0.4 is 10.2 Å². The van der Waals surface area contributed by atoms with Crippen molar-refractivity contribution < 1.29 is 0 Å². The van der Waals surface area contributed by atoms with Crippen molar-refractivity contribution in [3.63, 3.8) is 0 Å². The summed E-state index contributed by atoms with van der Waals surface area (Å²) in [4.78, 5) is 11.3. The van der Waals surface area contributed by atoms with E-state index in [2.05, 4.69) is 15.2 Å². The number of nitrogens with zero attached hydrogens (tertiary/aromatic N) is 3. The van der Waals surface area contributed by atoms with Gasteiger partial charge in [0, 0.05) is 36.6 Å². The van der Waals surface area contributed by atoms with E-state index in [4.69, 9.17) is 16.6 Å². The molecule has 1 unspecified atom stereocenters. The second-order valence-corrected chi connectivity index (χ2v) is 5.86. The summed E-state index contributed by atoms with van der Waals surface area (Å²) in [7, 11) is 0. The fourth-order valence-electron chi connectivity index (χ4n) is 3.01. The molecule has 2 bridgehead atoms. The van der Waals surface area contributed by atoms with E-state index in [-0.39, 0.29) is 0 Å². The van der Waals surface area contributed by atoms with Crippen molar-refractivity contribution in [2.75, 3.05) is 23.3 Å². The molecule has 0 aliphatic carbocycles. The minimum atomic E-state index is 0.517. The molecule has 1 atom stereocenters. The van der Waals surface area contributed by atoms with Crippen LogP contribution in [0.25, 0.3) is 11.3 Å². The van der Waals surface area contributed by atoms with Crippen molar-refractivity contribution in [1.82, 2.24) is 9.97 Å². The molecular weight excluding hydrogens is 272 g/mol. The molecule has 0 radical (unpaired) electrons. The van der Waals surface area contributed by atoms with E-state index in [0.717, 1.165) is 48.0 Å². The Bertz CT molecular complexity index is 686. The van der Waals surface area contributed by atoms with Gasteiger partial charge < -0.3 is 10.2 Å². The van der Waals surface area contributed by atoms with Crippen LogP contribution in [0.1, 0.15) is 12.1 Å². The summed E-state index contributed by atoms with van der Waals surface area (Å²) in [5.74, 6) is 0.951. The highest BCUT2D eigenvalue weighted by Gasteiger charge is 2.31. The van der Waals surface area contributed by atoms with Gasteiger partial charge in [0.25, 0.3) is 0 Å². The lowest BCUT2D eigenvalue weighted by Gasteiger charge is -2.28. The zero-order valence-electron chi connectivity index (χ0n) is 11.2. The van der Waals surface area contributed by atoms with Crippen molar-refractivity contribution in [1.29, 1.82) is 0 Å². The smallest absolute Gasteiger partial charge is 0.150 e. The number of aryl methyl sites for hydroxylation is 1. The monoisotopic (exact) mass is 286 g/mol. The van der Waals surface area contributed by atoms with Crippen LogP contribution in [0.5, 0.6) is 0 Å². The number of hydrogen-bond acceptors (Lipinski definition) is 4. The van der Waals surface area contributed by atoms with Gasteiger partial charge in [-0.05, 0) is 31.5 Å². The first kappa shape index (κ1) is 12.0. The first-order valence-electron chi connectivity index (χ1n) is 6.86. The van der Waals surface area contributed by atoms with Crippen LogP contribution in [0.4, 0.5) is 11.5 Å². The Kier molecular flexibility index (Phi) is 2.60. The topological polar surface area (TPSA) is 41.1 Å². The fourth-order valence-corrected chi connectivity index (χ4v) is 3.27. The van der Waals surface area contributed by atoms with Gasteiger partial charge in [-0.2, -0.15) is 0 Å². The van der Waals surface area contributed by atoms with E-state index in [1.165, 1.54) is 0 Å². The highest BCUT2D eigenvalue weighted by Crippen LogP contribution is 2.39. The number of pyridine rings is 2. The van der Waals surface area contributed by atoms with Crippen LogP contribution in [0.15, 0.2) is 24.4 Å². The van der Waals surface area contributed by atoms with Crippen molar-refractivity contribution in [2.45, 2.75) is 19.4 Å². The summed E-state index contributed by atoms with van der Waals surface area (Å²) in [5, 5.41) is 4.21. The quantitative estimate of drug-likeness (QED) is 0.874. The van der Waals surface area contributed by atoms with Gasteiger partial charge in [0.15, 0.2) is 5.82 Å². The van der Waals surface area contributed by atoms with Gasteiger partial charge in [-0.15, -0.1) is 0 Å². The minimum Gasteiger partial charge on any atom is -0.366 e. The number of fused-ring (bicyclic) bond motifs is 4. The molecular formula is C15H15ClN4. The molecule has 0 saturated carbocycles. The molecule has 2 aromatic rings. The van der Waals surface area contributed by atoms with Crippen LogP contribution in [0.2, 0.25) is 5.02 Å². The summed E-state index contributed by atoms with van der Waals surface area (Å²) in [6, 6.07) is 6.51. The lowest BCUT2D eigenvalue weighted by Crippen LogP contribution is -2.32. The van der Waals surface area contributed by atoms with E-state index in [1.807, 2.05) is 25.1 Å². The highest BCUT2D eigenvalue weighted by atomic mass is 35.5. The van der Waals surface area contributed by atoms with Crippen molar-refractivity contribution >= 4 is 23.1 Å². The number of anilines is 2. The molecule has 4 nitrogen and oxygen atoms in total. The lowest BCUT2D eigenvalue weighted by molar-refractivity contribution is 0.788. The molecule has 5 heteroatoms. The minimum absolute atomic E-state index is 0.517. The Morgan fingerprint density at radius 3 is 3.15 bits per heavy atom. The molecule has 1 saturated heterocycles. The predicted molar refractivity (Wildman–Crippen MR) is 81.5 cm³/mol. The Balaban J connectivity index is 1.85. The lowest BCUT2D eigenvalue weighted by atomic mass is 10.1. The normalized spacial score (nSPS) is 19.7. The summed E-state index contributed by atoms with van der Waals surface area (Å²) in [6.07, 6.45) is 2.96. The predicted octanol–water partition coefficient (Wildman–Crippen LogP) is 3.11. The standard InChI is InChI=1S/C15H15ClN4/c1-9-6-10(2-4-17-9)14-12(16)7-13-15(19-14)18-11-3-5-20(13)8-11/h2,4,6-7,11H,3,5,8H2,1H3,(H,18,19). The van der Waals surface area contributed by atoms with Crippen LogP contribution in [-0.4, -0.2) is 29.1 Å². The second kappa shape index (κ2) is 4.35. The summed E-state index contributed by atoms with van der Waals surface area (Å²) >= 11 is 6.45. The number of aromatic nitrogens is 2. The van der Waals surface area contributed by atoms with Gasteiger partial charge in [-0.1, -0.05) is 11.6 Å². The van der Waals surface area contributed by atoms with Crippen LogP contribution in [-0.2, 0) is 0 Å². The number of halogens is 1. The fraction of sp³-hybridized carbons (Fsp3) is 0.333. The second-order valence-electron chi connectivity index (χ2n) is 5.45. The van der Waals surface area contributed by atoms with Crippen molar-refractivity contribution in [3.05, 3.63) is 35.1 Å². The third-order valence-electron chi connectivity index (χ3n) is 4.00. The largest absolute Gasteiger partial charge is 0.366 e. The van der Waals surface area contributed by atoms with E-state index in [9.17, 15) is 0 Å². The Hall–Kier alpha value is -1.81. The molecule has 4 heterocycles. The summed E-state index contributed by atoms with van der Waals surface area (Å²) in [6.45, 7) is 4.11. The van der Waals surface area contributed by atoms with Crippen molar-refractivity contribution in [2.24, 2.45) is 0 Å². The molecule has 4 rings (SSSR count). The van der Waals surface area contributed by atoms with E-state index in [0.29, 0.717) is 11.1 Å². The Labute approximate surface area is 122 Å². The molecule has 2 aliphatic heterocycles. The number of rotatable bonds is 1. The Morgan fingerprint density at radius 1 is 1.40 bits per heavy atom. The maximum atomic E-state index is 6.45. The van der Waals surface area contributed by atoms with Gasteiger partial charge in [0.1, 0.15) is 0 Å². The summed E-state index contributed by atoms with van der Waals surface area (Å²) < 4.78 is 0. The zero-order valence-corrected chi connectivity index (χ0v) is 12.0. The zero-order chi connectivity index (χ0) is 13.7. The van der Waals surface area contributed by atoms with Gasteiger partial charge in [0.05, 0.1) is 16.4 Å². The molecule has 1 N–H and O–H groups in total. The first-order chi connectivity index (χ1) is 9.70. The molecule has 20 heavy (non-hydrogen) atoms. The molecule has 102 valence electrons. The van der Waals surface area contributed by atoms with Gasteiger partial charge in [-0.3, -0.25) is 4.98 Å². The number of hydrogen-bond donors (Lipinski definition) is 1. The molecule has 2 aliphatic rings. The SMILES string of the molecule is Cc1cc(-c2nc3c(cc2Cl)N2CCC(C2)N3)ccn1.